The molecule has 5 N–H and O–H groups in total. The van der Waals surface area contributed by atoms with Gasteiger partial charge in [-0.25, -0.2) is 9.78 Å². The Balaban J connectivity index is 2.03. The summed E-state index contributed by atoms with van der Waals surface area (Å²) in [5.74, 6) is -1.01. The van der Waals surface area contributed by atoms with Crippen molar-refractivity contribution in [3.8, 4) is 6.07 Å². The van der Waals surface area contributed by atoms with E-state index in [1.54, 1.807) is 24.3 Å². The predicted molar refractivity (Wildman–Crippen MR) is 115 cm³/mol. The number of nitriles is 1. The predicted octanol–water partition coefficient (Wildman–Crippen LogP) is 2.36. The zero-order chi connectivity index (χ0) is 22.1. The van der Waals surface area contributed by atoms with E-state index in [2.05, 4.69) is 20.9 Å². The Morgan fingerprint density at radius 2 is 1.93 bits per heavy atom. The third-order valence-corrected chi connectivity index (χ3v) is 4.67. The van der Waals surface area contributed by atoms with Crippen LogP contribution < -0.4 is 21.7 Å². The zero-order valence-corrected chi connectivity index (χ0v) is 17.4. The zero-order valence-electron chi connectivity index (χ0n) is 16.6. The number of pyridine rings is 1. The number of aromatic nitrogens is 1. The maximum absolute atomic E-state index is 12.5. The second-order valence-electron chi connectivity index (χ2n) is 6.65. The lowest BCUT2D eigenvalue weighted by atomic mass is 10.2. The van der Waals surface area contributed by atoms with E-state index >= 15 is 0 Å². The van der Waals surface area contributed by atoms with E-state index in [9.17, 15) is 19.6 Å². The molecule has 0 bridgehead atoms. The third kappa shape index (κ3) is 6.79. The Morgan fingerprint density at radius 3 is 2.57 bits per heavy atom. The van der Waals surface area contributed by atoms with Crippen molar-refractivity contribution < 1.29 is 14.4 Å². The first-order chi connectivity index (χ1) is 14.3. The molecular formula is C20H22N6O3S. The minimum absolute atomic E-state index is 0.0530. The van der Waals surface area contributed by atoms with Crippen LogP contribution in [0.4, 0.5) is 16.3 Å². The van der Waals surface area contributed by atoms with Crippen LogP contribution in [0.2, 0.25) is 0 Å². The smallest absolute Gasteiger partial charge is 0.321 e. The molecule has 30 heavy (non-hydrogen) atoms. The SMILES string of the molecule is CC(C)CNC(=O)NC(=O)CSc1nc(N)c(C(=O)Nc2ccccc2)cc1C#N. The average molecular weight is 427 g/mol. The molecule has 1 heterocycles. The molecule has 0 saturated heterocycles. The van der Waals surface area contributed by atoms with E-state index in [1.165, 1.54) is 6.07 Å². The van der Waals surface area contributed by atoms with Gasteiger partial charge >= 0.3 is 6.03 Å². The summed E-state index contributed by atoms with van der Waals surface area (Å²) in [6.07, 6.45) is 0. The maximum Gasteiger partial charge on any atom is 0.321 e. The number of amides is 4. The summed E-state index contributed by atoms with van der Waals surface area (Å²) in [6.45, 7) is 4.30. The molecule has 2 aromatic rings. The summed E-state index contributed by atoms with van der Waals surface area (Å²) >= 11 is 0.947. The number of urea groups is 1. The number of nitrogens with zero attached hydrogens (tertiary/aromatic N) is 2. The minimum atomic E-state index is -0.588. The van der Waals surface area contributed by atoms with Crippen LogP contribution in [0.15, 0.2) is 41.4 Å². The van der Waals surface area contributed by atoms with Crippen molar-refractivity contribution in [1.29, 1.82) is 5.26 Å². The van der Waals surface area contributed by atoms with Crippen molar-refractivity contribution in [3.05, 3.63) is 47.5 Å². The van der Waals surface area contributed by atoms with Gasteiger partial charge < -0.3 is 16.4 Å². The van der Waals surface area contributed by atoms with Gasteiger partial charge in [0.1, 0.15) is 16.9 Å². The molecule has 1 aromatic heterocycles. The number of rotatable bonds is 7. The highest BCUT2D eigenvalue weighted by Crippen LogP contribution is 2.24. The Morgan fingerprint density at radius 1 is 1.23 bits per heavy atom. The molecule has 0 fully saturated rings. The van der Waals surface area contributed by atoms with Gasteiger partial charge in [-0.2, -0.15) is 5.26 Å². The lowest BCUT2D eigenvalue weighted by Gasteiger charge is -2.11. The highest BCUT2D eigenvalue weighted by atomic mass is 32.2. The fourth-order valence-corrected chi connectivity index (χ4v) is 3.00. The fraction of sp³-hybridized carbons (Fsp3) is 0.250. The molecule has 0 aliphatic carbocycles. The maximum atomic E-state index is 12.5. The number of nitrogens with one attached hydrogen (secondary N) is 3. The van der Waals surface area contributed by atoms with Crippen LogP contribution in [-0.4, -0.2) is 35.1 Å². The van der Waals surface area contributed by atoms with Crippen LogP contribution in [0.25, 0.3) is 0 Å². The molecule has 0 aliphatic heterocycles. The quantitative estimate of drug-likeness (QED) is 0.496. The number of imide groups is 1. The second-order valence-corrected chi connectivity index (χ2v) is 7.61. The van der Waals surface area contributed by atoms with Crippen molar-refractivity contribution >= 4 is 41.1 Å². The summed E-state index contributed by atoms with van der Waals surface area (Å²) in [5.41, 5.74) is 6.62. The monoisotopic (exact) mass is 426 g/mol. The standard InChI is InChI=1S/C20H22N6O3S/c1-12(2)10-23-20(29)25-16(27)11-30-19-13(9-21)8-15(17(22)26-19)18(28)24-14-6-4-3-5-7-14/h3-8,12H,10-11H2,1-2H3,(H2,22,26)(H,24,28)(H2,23,25,27,29). The molecule has 0 spiro atoms. The number of carbonyl (C=O) groups is 3. The summed E-state index contributed by atoms with van der Waals surface area (Å²) in [5, 5.41) is 17.0. The van der Waals surface area contributed by atoms with Crippen LogP contribution in [0.1, 0.15) is 29.8 Å². The van der Waals surface area contributed by atoms with Gasteiger partial charge in [-0.05, 0) is 24.1 Å². The Hall–Kier alpha value is -3.58. The Kier molecular flexibility index (Phi) is 8.19. The summed E-state index contributed by atoms with van der Waals surface area (Å²) in [4.78, 5) is 40.1. The van der Waals surface area contributed by atoms with Gasteiger partial charge in [-0.15, -0.1) is 0 Å². The first-order valence-electron chi connectivity index (χ1n) is 9.07. The molecular weight excluding hydrogens is 404 g/mol. The third-order valence-electron chi connectivity index (χ3n) is 3.68. The number of para-hydroxylation sites is 1. The molecule has 0 aliphatic rings. The molecule has 0 atom stereocenters. The molecule has 0 unspecified atom stereocenters. The van der Waals surface area contributed by atoms with Crippen LogP contribution in [0.3, 0.4) is 0 Å². The lowest BCUT2D eigenvalue weighted by Crippen LogP contribution is -2.41. The number of benzene rings is 1. The minimum Gasteiger partial charge on any atom is -0.383 e. The number of thioether (sulfide) groups is 1. The fourth-order valence-electron chi connectivity index (χ4n) is 2.24. The van der Waals surface area contributed by atoms with Gasteiger partial charge in [0.2, 0.25) is 5.91 Å². The molecule has 0 radical (unpaired) electrons. The average Bonchev–Trinajstić information content (AvgIpc) is 2.71. The van der Waals surface area contributed by atoms with Crippen LogP contribution in [0.5, 0.6) is 0 Å². The first kappa shape index (κ1) is 22.7. The number of nitrogen functional groups attached to an aromatic ring is 1. The van der Waals surface area contributed by atoms with E-state index in [1.807, 2.05) is 26.0 Å². The van der Waals surface area contributed by atoms with Gasteiger partial charge in [0.15, 0.2) is 0 Å². The number of nitrogens with two attached hydrogens (primary N) is 1. The van der Waals surface area contributed by atoms with E-state index in [-0.39, 0.29) is 33.6 Å². The first-order valence-corrected chi connectivity index (χ1v) is 10.1. The van der Waals surface area contributed by atoms with Crippen LogP contribution in [0, 0.1) is 17.2 Å². The van der Waals surface area contributed by atoms with Crippen molar-refractivity contribution in [3.63, 3.8) is 0 Å². The van der Waals surface area contributed by atoms with E-state index in [4.69, 9.17) is 5.73 Å². The van der Waals surface area contributed by atoms with Crippen molar-refractivity contribution in [2.45, 2.75) is 18.9 Å². The summed E-state index contributed by atoms with van der Waals surface area (Å²) in [7, 11) is 0. The van der Waals surface area contributed by atoms with Gasteiger partial charge in [0.25, 0.3) is 5.91 Å². The van der Waals surface area contributed by atoms with E-state index in [0.29, 0.717) is 12.2 Å². The lowest BCUT2D eigenvalue weighted by molar-refractivity contribution is -0.117. The van der Waals surface area contributed by atoms with E-state index in [0.717, 1.165) is 11.8 Å². The van der Waals surface area contributed by atoms with Crippen LogP contribution in [-0.2, 0) is 4.79 Å². The topological polar surface area (TPSA) is 150 Å². The number of anilines is 2. The number of hydrogen-bond acceptors (Lipinski definition) is 7. The highest BCUT2D eigenvalue weighted by molar-refractivity contribution is 8.00. The van der Waals surface area contributed by atoms with Gasteiger partial charge in [-0.3, -0.25) is 14.9 Å². The highest BCUT2D eigenvalue weighted by Gasteiger charge is 2.18. The van der Waals surface area contributed by atoms with Crippen LogP contribution >= 0.6 is 11.8 Å². The molecule has 1 aromatic carbocycles. The molecule has 156 valence electrons. The van der Waals surface area contributed by atoms with Crippen molar-refractivity contribution in [2.75, 3.05) is 23.3 Å². The molecule has 2 rings (SSSR count). The molecule has 10 heteroatoms. The number of carbonyl (C=O) groups excluding carboxylic acids is 3. The summed E-state index contributed by atoms with van der Waals surface area (Å²) < 4.78 is 0. The molecule has 0 saturated carbocycles. The van der Waals surface area contributed by atoms with Gasteiger partial charge in [-0.1, -0.05) is 43.8 Å². The molecule has 4 amide bonds. The van der Waals surface area contributed by atoms with Gasteiger partial charge in [0, 0.05) is 12.2 Å². The largest absolute Gasteiger partial charge is 0.383 e. The Labute approximate surface area is 178 Å². The van der Waals surface area contributed by atoms with Crippen molar-refractivity contribution in [2.24, 2.45) is 5.92 Å². The van der Waals surface area contributed by atoms with E-state index < -0.39 is 17.8 Å². The molecule has 9 nitrogen and oxygen atoms in total. The second kappa shape index (κ2) is 10.8. The number of hydrogen-bond donors (Lipinski definition) is 4. The van der Waals surface area contributed by atoms with Gasteiger partial charge in [0.05, 0.1) is 16.9 Å². The Bertz CT molecular complexity index is 972. The van der Waals surface area contributed by atoms with Crippen molar-refractivity contribution in [1.82, 2.24) is 15.6 Å². The normalized spacial score (nSPS) is 10.2. The summed E-state index contributed by atoms with van der Waals surface area (Å²) in [6, 6.07) is 11.5.